The lowest BCUT2D eigenvalue weighted by Gasteiger charge is -2.09. The van der Waals surface area contributed by atoms with Crippen LogP contribution in [0.1, 0.15) is 5.56 Å². The lowest BCUT2D eigenvalue weighted by atomic mass is 10.2. The molecule has 0 saturated heterocycles. The molecule has 19 heavy (non-hydrogen) atoms. The highest BCUT2D eigenvalue weighted by atomic mass is 35.5. The first-order valence-electron chi connectivity index (χ1n) is 5.60. The first-order chi connectivity index (χ1) is 9.25. The topological polar surface area (TPSA) is 86.7 Å². The summed E-state index contributed by atoms with van der Waals surface area (Å²) in [5.74, 6) is 0.734. The van der Waals surface area contributed by atoms with E-state index in [-0.39, 0.29) is 5.75 Å². The molecular formula is C12H10ClN5O. The van der Waals surface area contributed by atoms with Crippen molar-refractivity contribution in [1.82, 2.24) is 19.9 Å². The Morgan fingerprint density at radius 2 is 2.16 bits per heavy atom. The number of aromatic amines is 1. The van der Waals surface area contributed by atoms with Gasteiger partial charge in [0.05, 0.1) is 6.33 Å². The Morgan fingerprint density at radius 3 is 3.00 bits per heavy atom. The first-order valence-corrected chi connectivity index (χ1v) is 5.98. The van der Waals surface area contributed by atoms with E-state index in [1.807, 2.05) is 0 Å². The molecule has 0 atom stereocenters. The van der Waals surface area contributed by atoms with Crippen LogP contribution in [0.25, 0.3) is 11.2 Å². The minimum absolute atomic E-state index is 0.146. The number of fused-ring (bicyclic) bond motifs is 1. The quantitative estimate of drug-likeness (QED) is 0.683. The number of nitrogens with one attached hydrogen (secondary N) is 2. The van der Waals surface area contributed by atoms with Gasteiger partial charge in [0.2, 0.25) is 0 Å². The SMILES string of the molecule is Oc1cccc(Cl)c1CNc1ncnc2[nH]cnc12. The molecule has 3 aromatic rings. The van der Waals surface area contributed by atoms with Crippen molar-refractivity contribution in [2.75, 3.05) is 5.32 Å². The molecule has 0 aliphatic heterocycles. The van der Waals surface area contributed by atoms with Gasteiger partial charge in [-0.15, -0.1) is 0 Å². The highest BCUT2D eigenvalue weighted by Gasteiger charge is 2.09. The van der Waals surface area contributed by atoms with Crippen LogP contribution in [0.15, 0.2) is 30.9 Å². The summed E-state index contributed by atoms with van der Waals surface area (Å²) in [7, 11) is 0. The van der Waals surface area contributed by atoms with Crippen molar-refractivity contribution in [3.05, 3.63) is 41.4 Å². The molecule has 1 aromatic carbocycles. The number of nitrogens with zero attached hydrogens (tertiary/aromatic N) is 3. The third kappa shape index (κ3) is 2.17. The number of benzene rings is 1. The number of H-pyrrole nitrogens is 1. The van der Waals surface area contributed by atoms with E-state index in [4.69, 9.17) is 11.6 Å². The molecular weight excluding hydrogens is 266 g/mol. The van der Waals surface area contributed by atoms with Gasteiger partial charge >= 0.3 is 0 Å². The monoisotopic (exact) mass is 275 g/mol. The zero-order valence-electron chi connectivity index (χ0n) is 9.76. The Kier molecular flexibility index (Phi) is 2.92. The maximum Gasteiger partial charge on any atom is 0.162 e. The van der Waals surface area contributed by atoms with Crippen molar-refractivity contribution in [3.63, 3.8) is 0 Å². The number of hydrogen-bond acceptors (Lipinski definition) is 5. The maximum atomic E-state index is 9.76. The fourth-order valence-corrected chi connectivity index (χ4v) is 2.02. The third-order valence-corrected chi connectivity index (χ3v) is 3.10. The molecule has 7 heteroatoms. The van der Waals surface area contributed by atoms with Gasteiger partial charge in [0.1, 0.15) is 17.6 Å². The van der Waals surface area contributed by atoms with Gasteiger partial charge in [-0.1, -0.05) is 17.7 Å². The average Bonchev–Trinajstić information content (AvgIpc) is 2.87. The highest BCUT2D eigenvalue weighted by Crippen LogP contribution is 2.26. The zero-order valence-corrected chi connectivity index (χ0v) is 10.5. The Hall–Kier alpha value is -2.34. The van der Waals surface area contributed by atoms with Crippen LogP contribution in [0, 0.1) is 0 Å². The van der Waals surface area contributed by atoms with E-state index in [1.165, 1.54) is 6.33 Å². The molecule has 0 saturated carbocycles. The van der Waals surface area contributed by atoms with Crippen molar-refractivity contribution in [2.45, 2.75) is 6.54 Å². The normalized spacial score (nSPS) is 10.8. The summed E-state index contributed by atoms with van der Waals surface area (Å²) in [5, 5.41) is 13.4. The Bertz CT molecular complexity index is 707. The molecule has 0 amide bonds. The maximum absolute atomic E-state index is 9.76. The molecule has 2 aromatic heterocycles. The van der Waals surface area contributed by atoms with E-state index in [2.05, 4.69) is 25.3 Å². The molecule has 2 heterocycles. The van der Waals surface area contributed by atoms with Crippen LogP contribution >= 0.6 is 11.6 Å². The fraction of sp³-hybridized carbons (Fsp3) is 0.0833. The molecule has 96 valence electrons. The standard InChI is InChI=1S/C12H10ClN5O/c13-8-2-1-3-9(19)7(8)4-14-11-10-12(16-5-15-10)18-6-17-11/h1-3,5-6,19H,4H2,(H2,14,15,16,17,18). The fourth-order valence-electron chi connectivity index (χ4n) is 1.79. The summed E-state index contributed by atoms with van der Waals surface area (Å²) < 4.78 is 0. The molecule has 0 aliphatic carbocycles. The van der Waals surface area contributed by atoms with Crippen molar-refractivity contribution >= 4 is 28.6 Å². The molecule has 0 fully saturated rings. The molecule has 0 aliphatic rings. The predicted octanol–water partition coefficient (Wildman–Crippen LogP) is 2.32. The molecule has 0 radical (unpaired) electrons. The van der Waals surface area contributed by atoms with Crippen molar-refractivity contribution in [3.8, 4) is 5.75 Å². The van der Waals surface area contributed by atoms with E-state index in [9.17, 15) is 5.11 Å². The van der Waals surface area contributed by atoms with E-state index in [1.54, 1.807) is 24.5 Å². The van der Waals surface area contributed by atoms with E-state index >= 15 is 0 Å². The lowest BCUT2D eigenvalue weighted by Crippen LogP contribution is -2.03. The van der Waals surface area contributed by atoms with Gasteiger partial charge < -0.3 is 15.4 Å². The van der Waals surface area contributed by atoms with Gasteiger partial charge in [0, 0.05) is 17.1 Å². The summed E-state index contributed by atoms with van der Waals surface area (Å²) in [6.45, 7) is 0.352. The number of rotatable bonds is 3. The minimum atomic E-state index is 0.146. The number of hydrogen-bond donors (Lipinski definition) is 3. The number of halogens is 1. The summed E-state index contributed by atoms with van der Waals surface area (Å²) in [6.07, 6.45) is 2.99. The van der Waals surface area contributed by atoms with Crippen LogP contribution in [-0.2, 0) is 6.54 Å². The highest BCUT2D eigenvalue weighted by molar-refractivity contribution is 6.31. The molecule has 0 spiro atoms. The average molecular weight is 276 g/mol. The van der Waals surface area contributed by atoms with Gasteiger partial charge in [-0.05, 0) is 12.1 Å². The van der Waals surface area contributed by atoms with Crippen LogP contribution in [-0.4, -0.2) is 25.0 Å². The summed E-state index contributed by atoms with van der Waals surface area (Å²) in [6, 6.07) is 5.01. The van der Waals surface area contributed by atoms with Crippen LogP contribution in [0.2, 0.25) is 5.02 Å². The summed E-state index contributed by atoms with van der Waals surface area (Å²) in [4.78, 5) is 15.2. The van der Waals surface area contributed by atoms with Crippen LogP contribution < -0.4 is 5.32 Å². The number of phenols is 1. The second-order valence-corrected chi connectivity index (χ2v) is 4.32. The number of aromatic nitrogens is 4. The second-order valence-electron chi connectivity index (χ2n) is 3.91. The van der Waals surface area contributed by atoms with Crippen LogP contribution in [0.4, 0.5) is 5.82 Å². The molecule has 3 rings (SSSR count). The largest absolute Gasteiger partial charge is 0.508 e. The van der Waals surface area contributed by atoms with Gasteiger partial charge in [0.15, 0.2) is 11.5 Å². The van der Waals surface area contributed by atoms with Gasteiger partial charge in [-0.3, -0.25) is 0 Å². The van der Waals surface area contributed by atoms with Gasteiger partial charge in [-0.2, -0.15) is 0 Å². The lowest BCUT2D eigenvalue weighted by molar-refractivity contribution is 0.469. The molecule has 3 N–H and O–H groups in total. The third-order valence-electron chi connectivity index (χ3n) is 2.74. The predicted molar refractivity (Wildman–Crippen MR) is 72.1 cm³/mol. The Balaban J connectivity index is 1.88. The van der Waals surface area contributed by atoms with E-state index in [0.29, 0.717) is 34.1 Å². The van der Waals surface area contributed by atoms with Crippen LogP contribution in [0.5, 0.6) is 5.75 Å². The number of anilines is 1. The van der Waals surface area contributed by atoms with Crippen LogP contribution in [0.3, 0.4) is 0 Å². The molecule has 0 unspecified atom stereocenters. The number of phenolic OH excluding ortho intramolecular Hbond substituents is 1. The molecule has 0 bridgehead atoms. The van der Waals surface area contributed by atoms with E-state index in [0.717, 1.165) is 0 Å². The van der Waals surface area contributed by atoms with E-state index < -0.39 is 0 Å². The number of aromatic hydroxyl groups is 1. The number of imidazole rings is 1. The Labute approximate surface area is 113 Å². The summed E-state index contributed by atoms with van der Waals surface area (Å²) >= 11 is 6.04. The summed E-state index contributed by atoms with van der Waals surface area (Å²) in [5.41, 5.74) is 1.92. The smallest absolute Gasteiger partial charge is 0.162 e. The molecule has 6 nitrogen and oxygen atoms in total. The minimum Gasteiger partial charge on any atom is -0.508 e. The zero-order chi connectivity index (χ0) is 13.2. The van der Waals surface area contributed by atoms with Crippen molar-refractivity contribution in [1.29, 1.82) is 0 Å². The first kappa shape index (κ1) is 11.7. The Morgan fingerprint density at radius 1 is 1.26 bits per heavy atom. The van der Waals surface area contributed by atoms with Gasteiger partial charge in [0.25, 0.3) is 0 Å². The second kappa shape index (κ2) is 4.74. The van der Waals surface area contributed by atoms with Crippen molar-refractivity contribution in [2.24, 2.45) is 0 Å². The van der Waals surface area contributed by atoms with Gasteiger partial charge in [-0.25, -0.2) is 15.0 Å². The van der Waals surface area contributed by atoms with Crippen molar-refractivity contribution < 1.29 is 5.11 Å².